The lowest BCUT2D eigenvalue weighted by molar-refractivity contribution is -0.384. The molecule has 0 saturated heterocycles. The lowest BCUT2D eigenvalue weighted by Gasteiger charge is -2.38. The molecular weight excluding hydrogens is 638 g/mol. The Morgan fingerprint density at radius 2 is 1.62 bits per heavy atom. The van der Waals surface area contributed by atoms with E-state index in [2.05, 4.69) is 22.3 Å². The molecule has 1 aromatic heterocycles. The number of carbonyl (C=O) groups is 2. The molecule has 0 radical (unpaired) electrons. The number of esters is 2. The topological polar surface area (TPSA) is 146 Å². The first-order chi connectivity index (χ1) is 24.1. The smallest absolute Gasteiger partial charge is 0.339 e. The first-order valence-electron chi connectivity index (χ1n) is 16.4. The van der Waals surface area contributed by atoms with Crippen molar-refractivity contribution < 1.29 is 24.0 Å². The highest BCUT2D eigenvalue weighted by Gasteiger charge is 2.38. The number of aromatic nitrogens is 2. The van der Waals surface area contributed by atoms with Gasteiger partial charge in [-0.1, -0.05) is 42.5 Å². The molecule has 2 aliphatic rings. The molecule has 1 N–H and O–H groups in total. The van der Waals surface area contributed by atoms with E-state index in [1.807, 2.05) is 50.2 Å². The van der Waals surface area contributed by atoms with Crippen LogP contribution in [-0.2, 0) is 22.6 Å². The Morgan fingerprint density at radius 1 is 0.960 bits per heavy atom. The number of para-hydroxylation sites is 1. The SMILES string of the molecule is COC(=O)c1ccccc1NC(C)c1cc(C)cc2c(=O)n(C3CC(OC(=O)c4ccc([N+](=O)[O-])cc4)C3)c(N3Cc4ccccc4C3)nc12. The second-order valence-corrected chi connectivity index (χ2v) is 12.8. The number of hydrogen-bond donors (Lipinski definition) is 1. The first-order valence-corrected chi connectivity index (χ1v) is 16.4. The monoisotopic (exact) mass is 673 g/mol. The molecular formula is C38H35N5O7. The van der Waals surface area contributed by atoms with E-state index in [0.29, 0.717) is 54.0 Å². The van der Waals surface area contributed by atoms with Crippen LogP contribution in [0.4, 0.5) is 17.3 Å². The molecule has 0 spiro atoms. The van der Waals surface area contributed by atoms with Crippen LogP contribution in [0.2, 0.25) is 0 Å². The fourth-order valence-corrected chi connectivity index (χ4v) is 6.82. The molecule has 254 valence electrons. The Balaban J connectivity index is 1.23. The van der Waals surface area contributed by atoms with Crippen molar-refractivity contribution in [3.8, 4) is 0 Å². The van der Waals surface area contributed by atoms with Crippen molar-refractivity contribution >= 4 is 40.2 Å². The number of non-ortho nitro benzene ring substituents is 1. The summed E-state index contributed by atoms with van der Waals surface area (Å²) in [6.07, 6.45) is 0.405. The van der Waals surface area contributed by atoms with Gasteiger partial charge in [-0.2, -0.15) is 0 Å². The summed E-state index contributed by atoms with van der Waals surface area (Å²) in [5.74, 6) is -0.488. The number of carbonyl (C=O) groups excluding carboxylic acids is 2. The second-order valence-electron chi connectivity index (χ2n) is 12.8. The summed E-state index contributed by atoms with van der Waals surface area (Å²) in [7, 11) is 1.34. The molecule has 1 aliphatic heterocycles. The number of anilines is 2. The van der Waals surface area contributed by atoms with Crippen LogP contribution in [0.1, 0.15) is 74.8 Å². The van der Waals surface area contributed by atoms with Gasteiger partial charge in [-0.15, -0.1) is 0 Å². The van der Waals surface area contributed by atoms with Crippen molar-refractivity contribution in [2.45, 2.75) is 58.0 Å². The maximum absolute atomic E-state index is 14.6. The van der Waals surface area contributed by atoms with Crippen LogP contribution < -0.4 is 15.8 Å². The fourth-order valence-electron chi connectivity index (χ4n) is 6.82. The summed E-state index contributed by atoms with van der Waals surface area (Å²) in [5.41, 5.74) is 5.53. The maximum Gasteiger partial charge on any atom is 0.339 e. The molecule has 2 heterocycles. The Kier molecular flexibility index (Phi) is 8.52. The number of fused-ring (bicyclic) bond motifs is 2. The number of ether oxygens (including phenoxy) is 2. The summed E-state index contributed by atoms with van der Waals surface area (Å²) >= 11 is 0. The van der Waals surface area contributed by atoms with Crippen LogP contribution in [-0.4, -0.2) is 39.6 Å². The molecule has 0 amide bonds. The van der Waals surface area contributed by atoms with Gasteiger partial charge in [0, 0.05) is 55.4 Å². The van der Waals surface area contributed by atoms with E-state index < -0.39 is 23.0 Å². The van der Waals surface area contributed by atoms with Crippen LogP contribution in [0.15, 0.2) is 89.7 Å². The number of nitro groups is 1. The molecule has 5 aromatic rings. The zero-order chi connectivity index (χ0) is 35.1. The van der Waals surface area contributed by atoms with E-state index in [0.717, 1.165) is 22.3 Å². The van der Waals surface area contributed by atoms with Crippen molar-refractivity contribution in [2.75, 3.05) is 17.3 Å². The predicted octanol–water partition coefficient (Wildman–Crippen LogP) is 6.65. The zero-order valence-corrected chi connectivity index (χ0v) is 27.8. The maximum atomic E-state index is 14.6. The van der Waals surface area contributed by atoms with E-state index in [1.54, 1.807) is 16.7 Å². The van der Waals surface area contributed by atoms with Gasteiger partial charge < -0.3 is 19.7 Å². The van der Waals surface area contributed by atoms with Crippen molar-refractivity contribution in [1.29, 1.82) is 0 Å². The lowest BCUT2D eigenvalue weighted by atomic mass is 9.88. The van der Waals surface area contributed by atoms with E-state index in [1.165, 1.54) is 31.4 Å². The van der Waals surface area contributed by atoms with Gasteiger partial charge in [0.05, 0.1) is 40.1 Å². The zero-order valence-electron chi connectivity index (χ0n) is 27.8. The largest absolute Gasteiger partial charge is 0.465 e. The van der Waals surface area contributed by atoms with E-state index in [4.69, 9.17) is 14.5 Å². The predicted molar refractivity (Wildman–Crippen MR) is 187 cm³/mol. The lowest BCUT2D eigenvalue weighted by Crippen LogP contribution is -2.42. The molecule has 12 nitrogen and oxygen atoms in total. The minimum Gasteiger partial charge on any atom is -0.465 e. The fraction of sp³-hybridized carbons (Fsp3) is 0.263. The van der Waals surface area contributed by atoms with E-state index >= 15 is 0 Å². The number of methoxy groups -OCH3 is 1. The van der Waals surface area contributed by atoms with Crippen molar-refractivity contribution in [1.82, 2.24) is 9.55 Å². The van der Waals surface area contributed by atoms with Crippen LogP contribution in [0, 0.1) is 17.0 Å². The minimum absolute atomic E-state index is 0.111. The summed E-state index contributed by atoms with van der Waals surface area (Å²) in [6, 6.07) is 23.8. The Hall–Kier alpha value is -6.04. The Morgan fingerprint density at radius 3 is 2.28 bits per heavy atom. The normalized spacial score (nSPS) is 17.1. The third-order valence-corrected chi connectivity index (χ3v) is 9.48. The summed E-state index contributed by atoms with van der Waals surface area (Å²) in [5, 5.41) is 14.9. The van der Waals surface area contributed by atoms with Crippen molar-refractivity contribution in [3.63, 3.8) is 0 Å². The molecule has 1 atom stereocenters. The number of benzene rings is 4. The van der Waals surface area contributed by atoms with Crippen LogP contribution in [0.25, 0.3) is 10.9 Å². The summed E-state index contributed by atoms with van der Waals surface area (Å²) in [6.45, 7) is 5.07. The molecule has 50 heavy (non-hydrogen) atoms. The molecule has 1 unspecified atom stereocenters. The van der Waals surface area contributed by atoms with E-state index in [9.17, 15) is 24.5 Å². The van der Waals surface area contributed by atoms with Gasteiger partial charge in [-0.25, -0.2) is 14.6 Å². The van der Waals surface area contributed by atoms with Gasteiger partial charge in [0.1, 0.15) is 6.10 Å². The van der Waals surface area contributed by atoms with Gasteiger partial charge >= 0.3 is 11.9 Å². The van der Waals surface area contributed by atoms with E-state index in [-0.39, 0.29) is 28.9 Å². The molecule has 7 rings (SSSR count). The number of nitro benzene ring substituents is 1. The molecule has 12 heteroatoms. The second kappa shape index (κ2) is 13.1. The molecule has 4 aromatic carbocycles. The molecule has 1 fully saturated rings. The number of rotatable bonds is 9. The first kappa shape index (κ1) is 32.5. The van der Waals surface area contributed by atoms with Crippen LogP contribution in [0.5, 0.6) is 0 Å². The van der Waals surface area contributed by atoms with Gasteiger partial charge in [0.15, 0.2) is 0 Å². The summed E-state index contributed by atoms with van der Waals surface area (Å²) < 4.78 is 12.5. The van der Waals surface area contributed by atoms with Gasteiger partial charge in [-0.05, 0) is 60.9 Å². The third-order valence-electron chi connectivity index (χ3n) is 9.48. The minimum atomic E-state index is -0.571. The van der Waals surface area contributed by atoms with Gasteiger partial charge in [0.25, 0.3) is 11.2 Å². The highest BCUT2D eigenvalue weighted by Crippen LogP contribution is 2.39. The average molecular weight is 674 g/mol. The van der Waals surface area contributed by atoms with Crippen LogP contribution >= 0.6 is 0 Å². The number of hydrogen-bond acceptors (Lipinski definition) is 10. The highest BCUT2D eigenvalue weighted by atomic mass is 16.6. The molecule has 0 bridgehead atoms. The Labute approximate surface area is 287 Å². The number of nitrogens with one attached hydrogen (secondary N) is 1. The molecule has 1 aliphatic carbocycles. The third kappa shape index (κ3) is 6.04. The quantitative estimate of drug-likeness (QED) is 0.102. The number of aryl methyl sites for hydroxylation is 1. The molecule has 1 saturated carbocycles. The average Bonchev–Trinajstić information content (AvgIpc) is 3.54. The van der Waals surface area contributed by atoms with Crippen LogP contribution in [0.3, 0.4) is 0 Å². The van der Waals surface area contributed by atoms with Crippen molar-refractivity contribution in [3.05, 3.63) is 139 Å². The van der Waals surface area contributed by atoms with Gasteiger partial charge in [-0.3, -0.25) is 19.5 Å². The standard InChI is InChI=1S/C38H35N5O7/c1-22-16-31(23(2)39-33-11-7-6-10-30(33)37(46)49-3)34-32(17-22)35(44)42(38(40-34)41-20-25-8-4-5-9-26(25)21-41)28-18-29(19-28)50-36(45)24-12-14-27(15-13-24)43(47)48/h4-17,23,28-29,39H,18-21H2,1-3H3. The highest BCUT2D eigenvalue weighted by molar-refractivity contribution is 5.96. The number of nitrogens with zero attached hydrogens (tertiary/aromatic N) is 4. The summed E-state index contributed by atoms with van der Waals surface area (Å²) in [4.78, 5) is 57.7. The Bertz CT molecular complexity index is 2180. The van der Waals surface area contributed by atoms with Gasteiger partial charge in [0.2, 0.25) is 5.95 Å². The van der Waals surface area contributed by atoms with Crippen molar-refractivity contribution in [2.24, 2.45) is 0 Å².